The maximum Gasteiger partial charge on any atom is 0.262 e. The monoisotopic (exact) mass is 407 g/mol. The molecule has 0 saturated carbocycles. The molecule has 0 bridgehead atoms. The van der Waals surface area contributed by atoms with E-state index >= 15 is 0 Å². The fraction of sp³-hybridized carbons (Fsp3) is 0.348. The Balaban J connectivity index is 1.62. The molecule has 0 radical (unpaired) electrons. The highest BCUT2D eigenvalue weighted by Crippen LogP contribution is 2.20. The van der Waals surface area contributed by atoms with E-state index in [9.17, 15) is 9.59 Å². The molecule has 2 heterocycles. The van der Waals surface area contributed by atoms with Crippen LogP contribution in [0.15, 0.2) is 64.5 Å². The topological polar surface area (TPSA) is 55.2 Å². The van der Waals surface area contributed by atoms with Crippen molar-refractivity contribution in [2.45, 2.75) is 37.4 Å². The van der Waals surface area contributed by atoms with E-state index in [0.717, 1.165) is 31.5 Å². The van der Waals surface area contributed by atoms with Crippen LogP contribution in [-0.2, 0) is 11.3 Å². The summed E-state index contributed by atoms with van der Waals surface area (Å²) >= 11 is 1.36. The Bertz CT molecular complexity index is 1040. The number of hydrogen-bond acceptors (Lipinski definition) is 4. The van der Waals surface area contributed by atoms with Crippen LogP contribution in [0.5, 0.6) is 0 Å². The van der Waals surface area contributed by atoms with Crippen molar-refractivity contribution in [3.05, 3.63) is 70.5 Å². The zero-order valence-corrected chi connectivity index (χ0v) is 17.2. The summed E-state index contributed by atoms with van der Waals surface area (Å²) in [5.41, 5.74) is 1.64. The Morgan fingerprint density at radius 1 is 0.931 bits per heavy atom. The van der Waals surface area contributed by atoms with Crippen LogP contribution < -0.4 is 5.56 Å². The number of benzene rings is 2. The quantitative estimate of drug-likeness (QED) is 0.475. The third-order valence-electron chi connectivity index (χ3n) is 5.29. The maximum atomic E-state index is 13.2. The molecule has 1 aliphatic heterocycles. The van der Waals surface area contributed by atoms with Gasteiger partial charge in [-0.15, -0.1) is 0 Å². The molecule has 150 valence electrons. The molecule has 1 fully saturated rings. The van der Waals surface area contributed by atoms with Crippen LogP contribution in [0.2, 0.25) is 0 Å². The Kier molecular flexibility index (Phi) is 6.30. The average molecular weight is 408 g/mol. The number of nitrogens with zero attached hydrogens (tertiary/aromatic N) is 3. The first-order valence-electron chi connectivity index (χ1n) is 10.2. The Morgan fingerprint density at radius 2 is 1.62 bits per heavy atom. The predicted octanol–water partition coefficient (Wildman–Crippen LogP) is 3.94. The summed E-state index contributed by atoms with van der Waals surface area (Å²) in [5.74, 6) is 0.435. The van der Waals surface area contributed by atoms with Gasteiger partial charge in [-0.1, -0.05) is 67.1 Å². The van der Waals surface area contributed by atoms with Gasteiger partial charge in [-0.2, -0.15) is 0 Å². The number of amides is 1. The molecule has 29 heavy (non-hydrogen) atoms. The second kappa shape index (κ2) is 9.27. The van der Waals surface area contributed by atoms with E-state index in [1.54, 1.807) is 4.57 Å². The molecule has 4 rings (SSSR count). The predicted molar refractivity (Wildman–Crippen MR) is 117 cm³/mol. The molecule has 0 N–H and O–H groups in total. The van der Waals surface area contributed by atoms with E-state index in [0.29, 0.717) is 28.4 Å². The molecule has 6 heteroatoms. The van der Waals surface area contributed by atoms with Crippen LogP contribution in [-0.4, -0.2) is 39.2 Å². The summed E-state index contributed by atoms with van der Waals surface area (Å²) in [4.78, 5) is 32.6. The van der Waals surface area contributed by atoms with Gasteiger partial charge in [0.05, 0.1) is 23.2 Å². The number of aromatic nitrogens is 2. The van der Waals surface area contributed by atoms with Crippen LogP contribution in [0.3, 0.4) is 0 Å². The second-order valence-electron chi connectivity index (χ2n) is 7.37. The van der Waals surface area contributed by atoms with Crippen molar-refractivity contribution in [3.8, 4) is 0 Å². The van der Waals surface area contributed by atoms with Crippen molar-refractivity contribution in [2.24, 2.45) is 0 Å². The largest absolute Gasteiger partial charge is 0.342 e. The van der Waals surface area contributed by atoms with E-state index < -0.39 is 0 Å². The molecule has 0 aliphatic carbocycles. The summed E-state index contributed by atoms with van der Waals surface area (Å²) < 4.78 is 1.69. The molecule has 5 nitrogen and oxygen atoms in total. The van der Waals surface area contributed by atoms with Crippen LogP contribution in [0.25, 0.3) is 10.9 Å². The highest BCUT2D eigenvalue weighted by Gasteiger charge is 2.18. The van der Waals surface area contributed by atoms with Crippen molar-refractivity contribution in [1.29, 1.82) is 0 Å². The molecule has 3 aromatic rings. The van der Waals surface area contributed by atoms with Crippen LogP contribution in [0.4, 0.5) is 0 Å². The number of likely N-dealkylation sites (tertiary alicyclic amines) is 1. The molecule has 1 saturated heterocycles. The SMILES string of the molecule is O=C(CSc1nc2ccccc2c(=O)n1Cc1ccccc1)N1CCCCCC1. The van der Waals surface area contributed by atoms with Crippen LogP contribution >= 0.6 is 11.8 Å². The van der Waals surface area contributed by atoms with Crippen molar-refractivity contribution in [3.63, 3.8) is 0 Å². The van der Waals surface area contributed by atoms with E-state index in [1.165, 1.54) is 24.6 Å². The van der Waals surface area contributed by atoms with Crippen molar-refractivity contribution < 1.29 is 4.79 Å². The zero-order chi connectivity index (χ0) is 20.1. The maximum absolute atomic E-state index is 13.2. The first-order chi connectivity index (χ1) is 14.2. The van der Waals surface area contributed by atoms with Gasteiger partial charge in [0.2, 0.25) is 5.91 Å². The van der Waals surface area contributed by atoms with Crippen LogP contribution in [0, 0.1) is 0 Å². The van der Waals surface area contributed by atoms with Gasteiger partial charge in [0.15, 0.2) is 5.16 Å². The third kappa shape index (κ3) is 4.70. The third-order valence-corrected chi connectivity index (χ3v) is 6.25. The lowest BCUT2D eigenvalue weighted by Gasteiger charge is -2.20. The number of thioether (sulfide) groups is 1. The van der Waals surface area contributed by atoms with Gasteiger partial charge in [-0.25, -0.2) is 4.98 Å². The summed E-state index contributed by atoms with van der Waals surface area (Å²) in [6.07, 6.45) is 4.53. The second-order valence-corrected chi connectivity index (χ2v) is 8.31. The smallest absolute Gasteiger partial charge is 0.262 e. The first-order valence-corrected chi connectivity index (χ1v) is 11.1. The molecule has 1 aromatic heterocycles. The number of rotatable bonds is 5. The standard InChI is InChI=1S/C23H25N3O2S/c27-21(25-14-8-1-2-9-15-25)17-29-23-24-20-13-7-6-12-19(20)22(28)26(23)16-18-10-4-3-5-11-18/h3-7,10-13H,1-2,8-9,14-17H2. The molecule has 1 aliphatic rings. The molecular formula is C23H25N3O2S. The van der Waals surface area contributed by atoms with Gasteiger partial charge in [0.25, 0.3) is 5.56 Å². The number of hydrogen-bond donors (Lipinski definition) is 0. The van der Waals surface area contributed by atoms with Gasteiger partial charge in [-0.3, -0.25) is 14.2 Å². The Labute approximate surface area is 174 Å². The van der Waals surface area contributed by atoms with Gasteiger partial charge in [-0.05, 0) is 30.5 Å². The summed E-state index contributed by atoms with van der Waals surface area (Å²) in [7, 11) is 0. The van der Waals surface area contributed by atoms with Gasteiger partial charge < -0.3 is 4.90 Å². The lowest BCUT2D eigenvalue weighted by Crippen LogP contribution is -2.33. The highest BCUT2D eigenvalue weighted by molar-refractivity contribution is 7.99. The van der Waals surface area contributed by atoms with E-state index in [1.807, 2.05) is 59.5 Å². The molecule has 0 unspecified atom stereocenters. The molecular weight excluding hydrogens is 382 g/mol. The number of fused-ring (bicyclic) bond motifs is 1. The normalized spacial score (nSPS) is 14.7. The summed E-state index contributed by atoms with van der Waals surface area (Å²) in [6.45, 7) is 2.11. The van der Waals surface area contributed by atoms with E-state index in [2.05, 4.69) is 0 Å². The van der Waals surface area contributed by atoms with Crippen molar-refractivity contribution >= 4 is 28.6 Å². The van der Waals surface area contributed by atoms with E-state index in [-0.39, 0.29) is 11.5 Å². The van der Waals surface area contributed by atoms with Crippen LogP contribution in [0.1, 0.15) is 31.2 Å². The Hall–Kier alpha value is -2.60. The van der Waals surface area contributed by atoms with Crippen molar-refractivity contribution in [1.82, 2.24) is 14.5 Å². The lowest BCUT2D eigenvalue weighted by atomic mass is 10.2. The van der Waals surface area contributed by atoms with E-state index in [4.69, 9.17) is 4.98 Å². The minimum Gasteiger partial charge on any atom is -0.342 e. The molecule has 0 spiro atoms. The average Bonchev–Trinajstić information content (AvgIpc) is 3.05. The molecule has 1 amide bonds. The fourth-order valence-electron chi connectivity index (χ4n) is 3.70. The van der Waals surface area contributed by atoms with Gasteiger partial charge in [0, 0.05) is 13.1 Å². The minimum absolute atomic E-state index is 0.0656. The summed E-state index contributed by atoms with van der Waals surface area (Å²) in [6, 6.07) is 17.3. The summed E-state index contributed by atoms with van der Waals surface area (Å²) in [5, 5.41) is 1.20. The van der Waals surface area contributed by atoms with Gasteiger partial charge >= 0.3 is 0 Å². The highest BCUT2D eigenvalue weighted by atomic mass is 32.2. The Morgan fingerprint density at radius 3 is 2.38 bits per heavy atom. The molecule has 0 atom stereocenters. The molecule has 2 aromatic carbocycles. The number of carbonyl (C=O) groups is 1. The van der Waals surface area contributed by atoms with Gasteiger partial charge in [0.1, 0.15) is 0 Å². The minimum atomic E-state index is -0.0656. The number of carbonyl (C=O) groups excluding carboxylic acids is 1. The zero-order valence-electron chi connectivity index (χ0n) is 16.4. The first kappa shape index (κ1) is 19.7. The fourth-order valence-corrected chi connectivity index (χ4v) is 4.60. The van der Waals surface area contributed by atoms with Crippen molar-refractivity contribution in [2.75, 3.05) is 18.8 Å². The number of para-hydroxylation sites is 1. The lowest BCUT2D eigenvalue weighted by molar-refractivity contribution is -0.128.